The zero-order chi connectivity index (χ0) is 25.8. The van der Waals surface area contributed by atoms with Gasteiger partial charge < -0.3 is 5.32 Å². The Hall–Kier alpha value is -2.34. The smallest absolute Gasteiger partial charge is 0.241 e. The summed E-state index contributed by atoms with van der Waals surface area (Å²) in [5.41, 5.74) is 6.04. The van der Waals surface area contributed by atoms with E-state index in [1.807, 2.05) is 19.1 Å². The molecule has 4 fully saturated rings. The first-order chi connectivity index (χ1) is 17.7. The van der Waals surface area contributed by atoms with Gasteiger partial charge in [-0.15, -0.1) is 0 Å². The molecule has 5 aliphatic carbocycles. The van der Waals surface area contributed by atoms with Crippen LogP contribution in [0.1, 0.15) is 86.6 Å². The van der Waals surface area contributed by atoms with Crippen LogP contribution in [0.2, 0.25) is 0 Å². The van der Waals surface area contributed by atoms with Crippen LogP contribution in [0.3, 0.4) is 0 Å². The van der Waals surface area contributed by atoms with E-state index in [0.717, 1.165) is 36.2 Å². The van der Waals surface area contributed by atoms with Gasteiger partial charge in [0.2, 0.25) is 15.9 Å². The van der Waals surface area contributed by atoms with Gasteiger partial charge in [0.1, 0.15) is 6.54 Å². The molecule has 1 N–H and O–H groups in total. The summed E-state index contributed by atoms with van der Waals surface area (Å²) in [6, 6.07) is 14.4. The average molecular weight is 521 g/mol. The summed E-state index contributed by atoms with van der Waals surface area (Å²) in [5.74, 6) is 2.29. The highest BCUT2D eigenvalue weighted by molar-refractivity contribution is 7.92. The van der Waals surface area contributed by atoms with Crippen molar-refractivity contribution in [1.82, 2.24) is 5.32 Å². The Labute approximate surface area is 222 Å². The van der Waals surface area contributed by atoms with Crippen LogP contribution in [-0.4, -0.2) is 27.1 Å². The molecule has 1 atom stereocenters. The highest BCUT2D eigenvalue weighted by Gasteiger charge is 2.51. The highest BCUT2D eigenvalue weighted by atomic mass is 32.2. The maximum Gasteiger partial charge on any atom is 0.241 e. The van der Waals surface area contributed by atoms with Crippen molar-refractivity contribution in [2.75, 3.05) is 17.1 Å². The fourth-order valence-electron chi connectivity index (χ4n) is 8.37. The first-order valence-electron chi connectivity index (χ1n) is 14.2. The summed E-state index contributed by atoms with van der Waals surface area (Å²) in [5, 5.41) is 3.03. The van der Waals surface area contributed by atoms with Crippen molar-refractivity contribution in [3.63, 3.8) is 0 Å². The molecule has 6 heteroatoms. The monoisotopic (exact) mass is 520 g/mol. The molecular formula is C31H40N2O3S. The zero-order valence-electron chi connectivity index (χ0n) is 22.2. The van der Waals surface area contributed by atoms with Crippen LogP contribution < -0.4 is 9.62 Å². The van der Waals surface area contributed by atoms with Crippen molar-refractivity contribution in [2.24, 2.45) is 17.8 Å². The van der Waals surface area contributed by atoms with Crippen molar-refractivity contribution >= 4 is 21.6 Å². The molecule has 0 unspecified atom stereocenters. The van der Waals surface area contributed by atoms with Gasteiger partial charge in [0.15, 0.2) is 0 Å². The Bertz CT molecular complexity index is 1250. The Morgan fingerprint density at radius 2 is 1.54 bits per heavy atom. The Morgan fingerprint density at radius 1 is 0.946 bits per heavy atom. The number of aryl methyl sites for hydroxylation is 2. The number of anilines is 1. The topological polar surface area (TPSA) is 66.5 Å². The van der Waals surface area contributed by atoms with Crippen LogP contribution in [-0.2, 0) is 33.1 Å². The van der Waals surface area contributed by atoms with Crippen LogP contribution >= 0.6 is 0 Å². The summed E-state index contributed by atoms with van der Waals surface area (Å²) in [6.07, 6.45) is 13.9. The molecule has 7 rings (SSSR count). The van der Waals surface area contributed by atoms with E-state index in [1.54, 1.807) is 0 Å². The van der Waals surface area contributed by atoms with Gasteiger partial charge in [-0.3, -0.25) is 9.10 Å². The molecule has 198 valence electrons. The summed E-state index contributed by atoms with van der Waals surface area (Å²) >= 11 is 0. The van der Waals surface area contributed by atoms with Crippen LogP contribution in [0.25, 0.3) is 0 Å². The van der Waals surface area contributed by atoms with E-state index in [9.17, 15) is 13.2 Å². The first kappa shape index (κ1) is 25.0. The van der Waals surface area contributed by atoms with Gasteiger partial charge in [0, 0.05) is 0 Å². The minimum atomic E-state index is -3.61. The summed E-state index contributed by atoms with van der Waals surface area (Å²) in [4.78, 5) is 13.0. The molecule has 5 nitrogen and oxygen atoms in total. The van der Waals surface area contributed by atoms with Gasteiger partial charge in [-0.25, -0.2) is 8.42 Å². The molecule has 5 aliphatic rings. The molecular weight excluding hydrogens is 480 g/mol. The minimum Gasteiger partial charge on any atom is -0.348 e. The number of fused-ring (bicyclic) bond motifs is 1. The van der Waals surface area contributed by atoms with Crippen LogP contribution in [0, 0.1) is 17.8 Å². The first-order valence-corrected chi connectivity index (χ1v) is 16.0. The molecule has 0 spiro atoms. The largest absolute Gasteiger partial charge is 0.348 e. The zero-order valence-corrected chi connectivity index (χ0v) is 23.0. The Balaban J connectivity index is 1.16. The van der Waals surface area contributed by atoms with Crippen molar-refractivity contribution in [2.45, 2.75) is 82.6 Å². The van der Waals surface area contributed by atoms with E-state index in [1.165, 1.54) is 78.6 Å². The molecule has 1 amide bonds. The van der Waals surface area contributed by atoms with E-state index in [-0.39, 0.29) is 23.9 Å². The minimum absolute atomic E-state index is 0.181. The van der Waals surface area contributed by atoms with Crippen molar-refractivity contribution in [3.05, 3.63) is 64.7 Å². The number of hydrogen-bond donors (Lipinski definition) is 1. The Kier molecular flexibility index (Phi) is 6.37. The fraction of sp³-hybridized carbons (Fsp3) is 0.581. The SMILES string of the molecule is C[C@H](NC(=O)CN(c1ccc(C23CC4CC(CC(C4)C2)C3)cc1)S(C)(=O)=O)c1ccc2c(c1)CCCC2. The molecule has 4 saturated carbocycles. The lowest BCUT2D eigenvalue weighted by atomic mass is 9.48. The molecule has 0 saturated heterocycles. The molecule has 0 aromatic heterocycles. The van der Waals surface area contributed by atoms with Crippen LogP contribution in [0.15, 0.2) is 42.5 Å². The second-order valence-electron chi connectivity index (χ2n) is 12.5. The lowest BCUT2D eigenvalue weighted by Crippen LogP contribution is -2.48. The number of sulfonamides is 1. The number of amides is 1. The number of carbonyl (C=O) groups excluding carboxylic acids is 1. The van der Waals surface area contributed by atoms with Crippen LogP contribution in [0.5, 0.6) is 0 Å². The van der Waals surface area contributed by atoms with E-state index in [0.29, 0.717) is 5.69 Å². The number of carbonyl (C=O) groups is 1. The Morgan fingerprint density at radius 3 is 2.14 bits per heavy atom. The van der Waals surface area contributed by atoms with Gasteiger partial charge in [-0.2, -0.15) is 0 Å². The number of hydrogen-bond acceptors (Lipinski definition) is 3. The summed E-state index contributed by atoms with van der Waals surface area (Å²) < 4.78 is 26.7. The van der Waals surface area contributed by atoms with Crippen LogP contribution in [0.4, 0.5) is 5.69 Å². The maximum absolute atomic E-state index is 13.0. The van der Waals surface area contributed by atoms with E-state index in [2.05, 4.69) is 35.6 Å². The third-order valence-corrected chi connectivity index (χ3v) is 10.9. The summed E-state index contributed by atoms with van der Waals surface area (Å²) in [7, 11) is -3.61. The van der Waals surface area contributed by atoms with Gasteiger partial charge in [0.05, 0.1) is 18.0 Å². The van der Waals surface area contributed by atoms with Crippen molar-refractivity contribution in [1.29, 1.82) is 0 Å². The van der Waals surface area contributed by atoms with Gasteiger partial charge >= 0.3 is 0 Å². The predicted octanol–water partition coefficient (Wildman–Crippen LogP) is 5.68. The predicted molar refractivity (Wildman–Crippen MR) is 148 cm³/mol. The molecule has 0 radical (unpaired) electrons. The van der Waals surface area contributed by atoms with Gasteiger partial charge in [-0.05, 0) is 129 Å². The van der Waals surface area contributed by atoms with Crippen molar-refractivity contribution in [3.8, 4) is 0 Å². The van der Waals surface area contributed by atoms with E-state index < -0.39 is 10.0 Å². The van der Waals surface area contributed by atoms with Crippen molar-refractivity contribution < 1.29 is 13.2 Å². The van der Waals surface area contributed by atoms with E-state index >= 15 is 0 Å². The quantitative estimate of drug-likeness (QED) is 0.511. The molecule has 4 bridgehead atoms. The lowest BCUT2D eigenvalue weighted by molar-refractivity contribution is -0.120. The van der Waals surface area contributed by atoms with E-state index in [4.69, 9.17) is 0 Å². The van der Waals surface area contributed by atoms with Gasteiger partial charge in [0.25, 0.3) is 0 Å². The molecule has 2 aromatic rings. The number of rotatable bonds is 7. The average Bonchev–Trinajstić information content (AvgIpc) is 2.85. The number of nitrogens with one attached hydrogen (secondary N) is 1. The third kappa shape index (κ3) is 4.94. The van der Waals surface area contributed by atoms with Gasteiger partial charge in [-0.1, -0.05) is 30.3 Å². The maximum atomic E-state index is 13.0. The summed E-state index contributed by atoms with van der Waals surface area (Å²) in [6.45, 7) is 1.75. The normalized spacial score (nSPS) is 29.0. The fourth-order valence-corrected chi connectivity index (χ4v) is 9.23. The molecule has 2 aromatic carbocycles. The molecule has 0 aliphatic heterocycles. The second kappa shape index (κ2) is 9.44. The number of nitrogens with zero attached hydrogens (tertiary/aromatic N) is 1. The highest BCUT2D eigenvalue weighted by Crippen LogP contribution is 2.60. The molecule has 37 heavy (non-hydrogen) atoms. The second-order valence-corrected chi connectivity index (χ2v) is 14.4. The molecule has 0 heterocycles. The lowest BCUT2D eigenvalue weighted by Gasteiger charge is -2.57. The number of benzene rings is 2. The third-order valence-electron chi connectivity index (χ3n) is 9.74. The standard InChI is InChI=1S/C31H40N2O3S/c1-21(26-8-7-25-5-3-4-6-27(25)16-26)32-30(34)20-33(37(2,35)36)29-11-9-28(10-12-29)31-17-22-13-23(18-31)15-24(14-22)19-31/h7-12,16,21-24H,3-6,13-15,17-20H2,1-2H3,(H,32,34)/t21-,22?,23?,24?,31?/m0/s1.